The van der Waals surface area contributed by atoms with Crippen molar-refractivity contribution in [2.45, 2.75) is 26.5 Å². The molecule has 2 aromatic carbocycles. The second-order valence-corrected chi connectivity index (χ2v) is 7.02. The lowest BCUT2D eigenvalue weighted by Gasteiger charge is -2.21. The Bertz CT molecular complexity index is 903. The molecule has 160 valence electrons. The highest BCUT2D eigenvalue weighted by molar-refractivity contribution is 6.33. The molecule has 0 unspecified atom stereocenters. The van der Waals surface area contributed by atoms with Crippen LogP contribution in [0.25, 0.3) is 0 Å². The van der Waals surface area contributed by atoms with Gasteiger partial charge in [-0.05, 0) is 42.3 Å². The van der Waals surface area contributed by atoms with Gasteiger partial charge < -0.3 is 14.8 Å². The average molecular weight is 440 g/mol. The quantitative estimate of drug-likeness (QED) is 0.469. The van der Waals surface area contributed by atoms with E-state index in [1.807, 2.05) is 0 Å². The maximum absolute atomic E-state index is 12.4. The Balaban J connectivity index is 1.97. The molecule has 0 fully saturated rings. The molecule has 2 rings (SSSR count). The molecule has 1 amide bonds. The molecule has 0 aliphatic rings. The first-order chi connectivity index (χ1) is 14.2. The van der Waals surface area contributed by atoms with Gasteiger partial charge in [-0.3, -0.25) is 9.59 Å². The van der Waals surface area contributed by atoms with Crippen LogP contribution in [0.2, 0.25) is 5.02 Å². The van der Waals surface area contributed by atoms with Crippen LogP contribution in [0.4, 0.5) is 8.78 Å². The predicted molar refractivity (Wildman–Crippen MR) is 106 cm³/mol. The number of halogens is 3. The third-order valence-electron chi connectivity index (χ3n) is 4.07. The number of hydrogen-bond donors (Lipinski definition) is 1. The Morgan fingerprint density at radius 1 is 1.03 bits per heavy atom. The summed E-state index contributed by atoms with van der Waals surface area (Å²) >= 11 is 6.00. The molecule has 0 radical (unpaired) electrons. The summed E-state index contributed by atoms with van der Waals surface area (Å²) in [7, 11) is 0. The Kier molecular flexibility index (Phi) is 8.29. The first kappa shape index (κ1) is 23.3. The standard InChI is InChI=1S/C21H20ClF2NO5/c1-12(2)18(25-19(27)15-5-3-4-6-16(15)22)20(28)29-11-17(26)13-7-9-14(10-8-13)30-21(23)24/h3-10,12,18,21H,11H2,1-2H3,(H,25,27)/t18-/m0/s1. The van der Waals surface area contributed by atoms with Crippen LogP contribution in [-0.4, -0.2) is 36.9 Å². The first-order valence-corrected chi connectivity index (χ1v) is 9.37. The smallest absolute Gasteiger partial charge is 0.387 e. The van der Waals surface area contributed by atoms with Crippen molar-refractivity contribution in [1.82, 2.24) is 5.32 Å². The molecular formula is C21H20ClF2NO5. The number of benzene rings is 2. The molecule has 0 heterocycles. The number of carbonyl (C=O) groups excluding carboxylic acids is 3. The summed E-state index contributed by atoms with van der Waals surface area (Å²) in [6, 6.07) is 10.4. The zero-order chi connectivity index (χ0) is 22.3. The molecule has 0 aliphatic heterocycles. The van der Waals surface area contributed by atoms with Crippen LogP contribution in [-0.2, 0) is 9.53 Å². The van der Waals surface area contributed by atoms with Crippen LogP contribution in [0.5, 0.6) is 5.75 Å². The molecule has 0 bridgehead atoms. The molecule has 0 aromatic heterocycles. The second-order valence-electron chi connectivity index (χ2n) is 6.61. The van der Waals surface area contributed by atoms with E-state index in [1.54, 1.807) is 32.0 Å². The highest BCUT2D eigenvalue weighted by atomic mass is 35.5. The predicted octanol–water partition coefficient (Wildman–Crippen LogP) is 4.12. The zero-order valence-electron chi connectivity index (χ0n) is 16.2. The Morgan fingerprint density at radius 3 is 2.23 bits per heavy atom. The van der Waals surface area contributed by atoms with Gasteiger partial charge in [0.05, 0.1) is 10.6 Å². The summed E-state index contributed by atoms with van der Waals surface area (Å²) in [6.07, 6.45) is 0. The average Bonchev–Trinajstić information content (AvgIpc) is 2.70. The second kappa shape index (κ2) is 10.7. The maximum atomic E-state index is 12.4. The van der Waals surface area contributed by atoms with Gasteiger partial charge in [0, 0.05) is 5.56 Å². The summed E-state index contributed by atoms with van der Waals surface area (Å²) < 4.78 is 33.6. The Morgan fingerprint density at radius 2 is 1.67 bits per heavy atom. The lowest BCUT2D eigenvalue weighted by Crippen LogP contribution is -2.45. The van der Waals surface area contributed by atoms with E-state index in [2.05, 4.69) is 10.1 Å². The van der Waals surface area contributed by atoms with Crippen LogP contribution in [0.15, 0.2) is 48.5 Å². The van der Waals surface area contributed by atoms with E-state index in [4.69, 9.17) is 16.3 Å². The number of ether oxygens (including phenoxy) is 2. The van der Waals surface area contributed by atoms with Gasteiger partial charge in [-0.1, -0.05) is 37.6 Å². The van der Waals surface area contributed by atoms with Gasteiger partial charge in [0.25, 0.3) is 5.91 Å². The highest BCUT2D eigenvalue weighted by Crippen LogP contribution is 2.17. The third-order valence-corrected chi connectivity index (χ3v) is 4.40. The van der Waals surface area contributed by atoms with E-state index < -0.39 is 36.9 Å². The largest absolute Gasteiger partial charge is 0.456 e. The molecule has 0 saturated carbocycles. The molecule has 6 nitrogen and oxygen atoms in total. The number of Topliss-reactive ketones (excluding diaryl/α,β-unsaturated/α-hetero) is 1. The van der Waals surface area contributed by atoms with Crippen molar-refractivity contribution in [3.63, 3.8) is 0 Å². The summed E-state index contributed by atoms with van der Waals surface area (Å²) in [4.78, 5) is 37.0. The minimum absolute atomic E-state index is 0.0966. The number of esters is 1. The number of hydrogen-bond acceptors (Lipinski definition) is 5. The fourth-order valence-corrected chi connectivity index (χ4v) is 2.72. The van der Waals surface area contributed by atoms with E-state index in [0.717, 1.165) is 0 Å². The van der Waals surface area contributed by atoms with E-state index in [-0.39, 0.29) is 27.8 Å². The van der Waals surface area contributed by atoms with Gasteiger partial charge in [0.15, 0.2) is 12.4 Å². The van der Waals surface area contributed by atoms with Crippen LogP contribution in [0, 0.1) is 5.92 Å². The van der Waals surface area contributed by atoms with Crippen molar-refractivity contribution in [3.05, 3.63) is 64.7 Å². The summed E-state index contributed by atoms with van der Waals surface area (Å²) in [5.74, 6) is -2.27. The lowest BCUT2D eigenvalue weighted by molar-refractivity contribution is -0.145. The Labute approximate surface area is 177 Å². The van der Waals surface area contributed by atoms with Gasteiger partial charge in [-0.15, -0.1) is 0 Å². The third kappa shape index (κ3) is 6.52. The van der Waals surface area contributed by atoms with Crippen LogP contribution < -0.4 is 10.1 Å². The molecular weight excluding hydrogens is 420 g/mol. The fourth-order valence-electron chi connectivity index (χ4n) is 2.49. The van der Waals surface area contributed by atoms with Gasteiger partial charge >= 0.3 is 12.6 Å². The fraction of sp³-hybridized carbons (Fsp3) is 0.286. The minimum atomic E-state index is -2.97. The summed E-state index contributed by atoms with van der Waals surface area (Å²) in [5, 5.41) is 2.80. The first-order valence-electron chi connectivity index (χ1n) is 8.99. The summed E-state index contributed by atoms with van der Waals surface area (Å²) in [6.45, 7) is -0.120. The van der Waals surface area contributed by atoms with Crippen molar-refractivity contribution >= 4 is 29.3 Å². The monoisotopic (exact) mass is 439 g/mol. The molecule has 0 saturated heterocycles. The van der Waals surface area contributed by atoms with E-state index >= 15 is 0 Å². The number of rotatable bonds is 9. The van der Waals surface area contributed by atoms with Crippen molar-refractivity contribution in [2.75, 3.05) is 6.61 Å². The van der Waals surface area contributed by atoms with Crippen molar-refractivity contribution in [1.29, 1.82) is 0 Å². The molecule has 2 aromatic rings. The maximum Gasteiger partial charge on any atom is 0.387 e. The van der Waals surface area contributed by atoms with Crippen LogP contribution in [0.3, 0.4) is 0 Å². The van der Waals surface area contributed by atoms with E-state index in [9.17, 15) is 23.2 Å². The van der Waals surface area contributed by atoms with Crippen LogP contribution >= 0.6 is 11.6 Å². The van der Waals surface area contributed by atoms with Gasteiger partial charge in [-0.2, -0.15) is 8.78 Å². The zero-order valence-corrected chi connectivity index (χ0v) is 17.0. The number of ketones is 1. The molecule has 1 atom stereocenters. The SMILES string of the molecule is CC(C)[C@H](NC(=O)c1ccccc1Cl)C(=O)OCC(=O)c1ccc(OC(F)F)cc1. The van der Waals surface area contributed by atoms with Crippen molar-refractivity contribution in [2.24, 2.45) is 5.92 Å². The summed E-state index contributed by atoms with van der Waals surface area (Å²) in [5.41, 5.74) is 0.366. The number of nitrogens with one attached hydrogen (secondary N) is 1. The normalized spacial score (nSPS) is 11.8. The topological polar surface area (TPSA) is 81.7 Å². The molecule has 0 aliphatic carbocycles. The number of amides is 1. The Hall–Kier alpha value is -3.00. The molecule has 30 heavy (non-hydrogen) atoms. The van der Waals surface area contributed by atoms with Gasteiger partial charge in [0.2, 0.25) is 0 Å². The molecule has 9 heteroatoms. The van der Waals surface area contributed by atoms with Crippen molar-refractivity contribution < 1.29 is 32.6 Å². The highest BCUT2D eigenvalue weighted by Gasteiger charge is 2.27. The minimum Gasteiger partial charge on any atom is -0.456 e. The van der Waals surface area contributed by atoms with Crippen LogP contribution in [0.1, 0.15) is 34.6 Å². The number of alkyl halides is 2. The van der Waals surface area contributed by atoms with E-state index in [1.165, 1.54) is 30.3 Å². The van der Waals surface area contributed by atoms with Crippen molar-refractivity contribution in [3.8, 4) is 5.75 Å². The van der Waals surface area contributed by atoms with E-state index in [0.29, 0.717) is 0 Å². The molecule has 0 spiro atoms. The van der Waals surface area contributed by atoms with Gasteiger partial charge in [0.1, 0.15) is 11.8 Å². The molecule has 1 N–H and O–H groups in total. The van der Waals surface area contributed by atoms with Gasteiger partial charge in [-0.25, -0.2) is 4.79 Å². The number of carbonyl (C=O) groups is 3. The lowest BCUT2D eigenvalue weighted by atomic mass is 10.0.